The third kappa shape index (κ3) is 10.7. The number of allylic oxidation sites excluding steroid dienone is 6. The largest absolute Gasteiger partial charge is 0.481 e. The predicted octanol–water partition coefficient (Wildman–Crippen LogP) is 5.29. The topological polar surface area (TPSA) is 101 Å². The van der Waals surface area contributed by atoms with Gasteiger partial charge in [0.1, 0.15) is 0 Å². The molecule has 0 radical (unpaired) electrons. The van der Waals surface area contributed by atoms with Crippen LogP contribution in [0, 0.1) is 5.41 Å². The molecule has 1 atom stereocenters. The van der Waals surface area contributed by atoms with E-state index in [4.69, 9.17) is 9.84 Å². The van der Waals surface area contributed by atoms with Crippen LogP contribution in [0.3, 0.4) is 0 Å². The Labute approximate surface area is 174 Å². The van der Waals surface area contributed by atoms with Crippen molar-refractivity contribution in [1.29, 1.82) is 0 Å². The quantitative estimate of drug-likeness (QED) is 0.230. The van der Waals surface area contributed by atoms with Crippen molar-refractivity contribution in [2.24, 2.45) is 5.41 Å². The van der Waals surface area contributed by atoms with Gasteiger partial charge in [0.05, 0.1) is 6.61 Å². The first kappa shape index (κ1) is 26.6. The van der Waals surface area contributed by atoms with Crippen molar-refractivity contribution in [3.63, 3.8) is 0 Å². The van der Waals surface area contributed by atoms with E-state index < -0.39 is 29.7 Å². The van der Waals surface area contributed by atoms with Gasteiger partial charge >= 0.3 is 17.9 Å². The zero-order valence-electron chi connectivity index (χ0n) is 18.4. The van der Waals surface area contributed by atoms with Gasteiger partial charge < -0.3 is 14.9 Å². The average Bonchev–Trinajstić information content (AvgIpc) is 2.61. The van der Waals surface area contributed by atoms with Crippen molar-refractivity contribution in [3.8, 4) is 0 Å². The summed E-state index contributed by atoms with van der Waals surface area (Å²) in [6, 6.07) is 0. The van der Waals surface area contributed by atoms with Crippen LogP contribution >= 0.6 is 0 Å². The van der Waals surface area contributed by atoms with Gasteiger partial charge in [-0.15, -0.1) is 0 Å². The fraction of sp³-hybridized carbons (Fsp3) is 0.609. The lowest BCUT2D eigenvalue weighted by Crippen LogP contribution is -2.41. The first-order chi connectivity index (χ1) is 13.5. The van der Waals surface area contributed by atoms with Crippen molar-refractivity contribution in [2.45, 2.75) is 79.6 Å². The fourth-order valence-electron chi connectivity index (χ4n) is 2.85. The van der Waals surface area contributed by atoms with E-state index in [1.54, 1.807) is 13.0 Å². The summed E-state index contributed by atoms with van der Waals surface area (Å²) in [5.74, 6) is -3.38. The Bertz CT molecular complexity index is 652. The molecule has 0 aliphatic heterocycles. The van der Waals surface area contributed by atoms with Crippen molar-refractivity contribution in [1.82, 2.24) is 0 Å². The summed E-state index contributed by atoms with van der Waals surface area (Å²) >= 11 is 0. The summed E-state index contributed by atoms with van der Waals surface area (Å²) in [5.41, 5.74) is 1.71. The third-order valence-corrected chi connectivity index (χ3v) is 4.76. The zero-order valence-corrected chi connectivity index (χ0v) is 18.4. The minimum Gasteiger partial charge on any atom is -0.481 e. The molecule has 0 aromatic carbocycles. The molecule has 0 spiro atoms. The molecule has 164 valence electrons. The Kier molecular flexibility index (Phi) is 12.6. The van der Waals surface area contributed by atoms with Crippen LogP contribution in [0.4, 0.5) is 0 Å². The molecule has 0 aliphatic rings. The molecule has 0 fully saturated rings. The average molecular weight is 409 g/mol. The van der Waals surface area contributed by atoms with Gasteiger partial charge in [-0.2, -0.15) is 0 Å². The van der Waals surface area contributed by atoms with E-state index in [9.17, 15) is 19.5 Å². The first-order valence-corrected chi connectivity index (χ1v) is 10.1. The van der Waals surface area contributed by atoms with Crippen LogP contribution in [0.5, 0.6) is 0 Å². The van der Waals surface area contributed by atoms with Gasteiger partial charge in [0, 0.05) is 6.42 Å². The second-order valence-corrected chi connectivity index (χ2v) is 7.67. The molecule has 0 amide bonds. The summed E-state index contributed by atoms with van der Waals surface area (Å²) < 4.78 is 4.94. The highest BCUT2D eigenvalue weighted by atomic mass is 16.5. The summed E-state index contributed by atoms with van der Waals surface area (Å²) in [6.07, 6.45) is 8.92. The summed E-state index contributed by atoms with van der Waals surface area (Å²) in [7, 11) is 0. The van der Waals surface area contributed by atoms with Gasteiger partial charge in [-0.05, 0) is 73.1 Å². The van der Waals surface area contributed by atoms with Gasteiger partial charge in [-0.25, -0.2) is 0 Å². The maximum Gasteiger partial charge on any atom is 0.323 e. The number of ether oxygens (including phenoxy) is 1. The second-order valence-electron chi connectivity index (χ2n) is 7.67. The molecule has 0 bridgehead atoms. The summed E-state index contributed by atoms with van der Waals surface area (Å²) in [6.45, 7) is 9.78. The highest BCUT2D eigenvalue weighted by molar-refractivity contribution is 5.99. The SMILES string of the molecule is CCOC(=O)C(CC=C(C)CCC=C(C)CCC=C(C)C)(CCC(=O)O)C(=O)O. The van der Waals surface area contributed by atoms with E-state index in [1.165, 1.54) is 11.1 Å². The van der Waals surface area contributed by atoms with E-state index in [2.05, 4.69) is 32.9 Å². The molecule has 0 rings (SSSR count). The Morgan fingerprint density at radius 2 is 1.41 bits per heavy atom. The Balaban J connectivity index is 5.07. The number of carboxylic acids is 2. The molecule has 1 unspecified atom stereocenters. The summed E-state index contributed by atoms with van der Waals surface area (Å²) in [4.78, 5) is 35.2. The maximum atomic E-state index is 12.3. The van der Waals surface area contributed by atoms with Crippen LogP contribution in [0.15, 0.2) is 34.9 Å². The second kappa shape index (κ2) is 13.7. The molecule has 0 saturated carbocycles. The molecule has 29 heavy (non-hydrogen) atoms. The van der Waals surface area contributed by atoms with E-state index >= 15 is 0 Å². The third-order valence-electron chi connectivity index (χ3n) is 4.76. The minimum absolute atomic E-state index is 0.0421. The minimum atomic E-state index is -1.87. The van der Waals surface area contributed by atoms with Crippen LogP contribution in [0.2, 0.25) is 0 Å². The standard InChI is InChI=1S/C23H36O6/c1-6-29-22(28)23(21(26)27,16-14-20(24)25)15-13-19(5)12-8-11-18(4)10-7-9-17(2)3/h9,11,13H,6-8,10,12,14-16H2,1-5H3,(H,24,25)(H,26,27). The number of rotatable bonds is 14. The highest BCUT2D eigenvalue weighted by Gasteiger charge is 2.46. The lowest BCUT2D eigenvalue weighted by molar-refractivity contribution is -0.169. The monoisotopic (exact) mass is 408 g/mol. The van der Waals surface area contributed by atoms with E-state index in [0.717, 1.165) is 31.3 Å². The number of carbonyl (C=O) groups is 3. The van der Waals surface area contributed by atoms with Crippen molar-refractivity contribution in [3.05, 3.63) is 34.9 Å². The first-order valence-electron chi connectivity index (χ1n) is 10.1. The van der Waals surface area contributed by atoms with Crippen LogP contribution in [0.1, 0.15) is 79.6 Å². The number of aliphatic carboxylic acids is 2. The van der Waals surface area contributed by atoms with Crippen molar-refractivity contribution >= 4 is 17.9 Å². The van der Waals surface area contributed by atoms with Crippen LogP contribution in [-0.2, 0) is 19.1 Å². The molecule has 0 heterocycles. The van der Waals surface area contributed by atoms with Crippen LogP contribution in [0.25, 0.3) is 0 Å². The van der Waals surface area contributed by atoms with Crippen molar-refractivity contribution < 1.29 is 29.3 Å². The molecular formula is C23H36O6. The Hall–Kier alpha value is -2.37. The number of carboxylic acid groups (broad SMARTS) is 2. The van der Waals surface area contributed by atoms with Gasteiger partial charge in [0.25, 0.3) is 0 Å². The predicted molar refractivity (Wildman–Crippen MR) is 114 cm³/mol. The maximum absolute atomic E-state index is 12.3. The molecule has 2 N–H and O–H groups in total. The van der Waals surface area contributed by atoms with E-state index in [0.29, 0.717) is 0 Å². The zero-order chi connectivity index (χ0) is 22.4. The normalized spacial score (nSPS) is 14.1. The fourth-order valence-corrected chi connectivity index (χ4v) is 2.85. The Morgan fingerprint density at radius 3 is 1.90 bits per heavy atom. The lowest BCUT2D eigenvalue weighted by Gasteiger charge is -2.25. The van der Waals surface area contributed by atoms with Crippen LogP contribution in [-0.4, -0.2) is 34.7 Å². The van der Waals surface area contributed by atoms with Gasteiger partial charge in [0.2, 0.25) is 0 Å². The number of esters is 1. The van der Waals surface area contributed by atoms with Gasteiger partial charge in [-0.3, -0.25) is 14.4 Å². The molecule has 0 aromatic heterocycles. The summed E-state index contributed by atoms with van der Waals surface area (Å²) in [5, 5.41) is 18.6. The van der Waals surface area contributed by atoms with Gasteiger partial charge in [-0.1, -0.05) is 34.9 Å². The molecule has 0 aliphatic carbocycles. The van der Waals surface area contributed by atoms with Crippen LogP contribution < -0.4 is 0 Å². The Morgan fingerprint density at radius 1 is 0.862 bits per heavy atom. The molecular weight excluding hydrogens is 372 g/mol. The van der Waals surface area contributed by atoms with E-state index in [1.807, 2.05) is 6.92 Å². The smallest absolute Gasteiger partial charge is 0.323 e. The van der Waals surface area contributed by atoms with Crippen molar-refractivity contribution in [2.75, 3.05) is 6.61 Å². The molecule has 0 aromatic rings. The number of carbonyl (C=O) groups excluding carboxylic acids is 1. The molecule has 0 saturated heterocycles. The lowest BCUT2D eigenvalue weighted by atomic mass is 9.79. The molecule has 6 nitrogen and oxygen atoms in total. The number of hydrogen-bond acceptors (Lipinski definition) is 4. The number of hydrogen-bond donors (Lipinski definition) is 2. The van der Waals surface area contributed by atoms with E-state index in [-0.39, 0.29) is 19.4 Å². The highest BCUT2D eigenvalue weighted by Crippen LogP contribution is 2.32. The van der Waals surface area contributed by atoms with Gasteiger partial charge in [0.15, 0.2) is 5.41 Å². The molecule has 6 heteroatoms.